The molecule has 16 heavy (non-hydrogen) atoms. The number of nitrogens with two attached hydrogens (primary N) is 1. The molecule has 0 spiro atoms. The zero-order valence-corrected chi connectivity index (χ0v) is 9.54. The smallest absolute Gasteiger partial charge is 0.131 e. The van der Waals surface area contributed by atoms with Crippen LogP contribution in [0.4, 0.5) is 4.39 Å². The van der Waals surface area contributed by atoms with E-state index in [-0.39, 0.29) is 12.4 Å². The summed E-state index contributed by atoms with van der Waals surface area (Å²) in [5, 5.41) is 0. The standard InChI is InChI=1S/C12H18FNO2/c1-2-6-15-7-8-16-12-5-3-4-11(13)10(12)9-14/h3-5H,2,6-9,14H2,1H3. The summed E-state index contributed by atoms with van der Waals surface area (Å²) in [6.45, 7) is 3.82. The molecule has 0 aromatic heterocycles. The van der Waals surface area contributed by atoms with Crippen LogP contribution < -0.4 is 10.5 Å². The molecule has 0 aliphatic rings. The van der Waals surface area contributed by atoms with Gasteiger partial charge in [-0.1, -0.05) is 13.0 Å². The maximum absolute atomic E-state index is 13.3. The van der Waals surface area contributed by atoms with E-state index in [9.17, 15) is 4.39 Å². The highest BCUT2D eigenvalue weighted by molar-refractivity contribution is 5.34. The zero-order chi connectivity index (χ0) is 11.8. The molecular weight excluding hydrogens is 209 g/mol. The first-order chi connectivity index (χ1) is 7.79. The molecule has 0 aliphatic heterocycles. The maximum atomic E-state index is 13.3. The lowest BCUT2D eigenvalue weighted by Gasteiger charge is -2.10. The fourth-order valence-corrected chi connectivity index (χ4v) is 1.33. The summed E-state index contributed by atoms with van der Waals surface area (Å²) in [7, 11) is 0. The number of halogens is 1. The molecule has 1 rings (SSSR count). The number of hydrogen-bond donors (Lipinski definition) is 1. The number of rotatable bonds is 7. The molecule has 0 radical (unpaired) electrons. The van der Waals surface area contributed by atoms with Gasteiger partial charge >= 0.3 is 0 Å². The molecule has 0 aliphatic carbocycles. The predicted molar refractivity (Wildman–Crippen MR) is 60.9 cm³/mol. The van der Waals surface area contributed by atoms with E-state index < -0.39 is 0 Å². The van der Waals surface area contributed by atoms with Gasteiger partial charge in [-0.2, -0.15) is 0 Å². The minimum Gasteiger partial charge on any atom is -0.491 e. The summed E-state index contributed by atoms with van der Waals surface area (Å²) < 4.78 is 24.0. The van der Waals surface area contributed by atoms with E-state index in [0.717, 1.165) is 13.0 Å². The van der Waals surface area contributed by atoms with Gasteiger partial charge in [-0.05, 0) is 18.6 Å². The van der Waals surface area contributed by atoms with Crippen molar-refractivity contribution in [2.45, 2.75) is 19.9 Å². The van der Waals surface area contributed by atoms with E-state index in [1.54, 1.807) is 12.1 Å². The van der Waals surface area contributed by atoms with Crippen LogP contribution in [-0.2, 0) is 11.3 Å². The van der Waals surface area contributed by atoms with Crippen LogP contribution in [0.5, 0.6) is 5.75 Å². The maximum Gasteiger partial charge on any atom is 0.131 e. The third kappa shape index (κ3) is 3.79. The van der Waals surface area contributed by atoms with Crippen molar-refractivity contribution >= 4 is 0 Å². The van der Waals surface area contributed by atoms with Crippen LogP contribution in [0.25, 0.3) is 0 Å². The third-order valence-electron chi connectivity index (χ3n) is 2.11. The summed E-state index contributed by atoms with van der Waals surface area (Å²) in [6.07, 6.45) is 0.980. The molecule has 0 bridgehead atoms. The van der Waals surface area contributed by atoms with Crippen molar-refractivity contribution in [3.8, 4) is 5.75 Å². The molecule has 0 atom stereocenters. The molecule has 0 saturated heterocycles. The van der Waals surface area contributed by atoms with Crippen LogP contribution in [0.15, 0.2) is 18.2 Å². The molecule has 1 aromatic rings. The van der Waals surface area contributed by atoms with Gasteiger partial charge in [0.25, 0.3) is 0 Å². The number of benzene rings is 1. The highest BCUT2D eigenvalue weighted by Crippen LogP contribution is 2.20. The summed E-state index contributed by atoms with van der Waals surface area (Å²) in [6, 6.07) is 4.70. The second-order valence-electron chi connectivity index (χ2n) is 3.38. The van der Waals surface area contributed by atoms with E-state index >= 15 is 0 Å². The fraction of sp³-hybridized carbons (Fsp3) is 0.500. The number of hydrogen-bond acceptors (Lipinski definition) is 3. The molecule has 4 heteroatoms. The molecule has 0 heterocycles. The summed E-state index contributed by atoms with van der Waals surface area (Å²) in [5.74, 6) is 0.178. The van der Waals surface area contributed by atoms with Gasteiger partial charge in [-0.15, -0.1) is 0 Å². The second-order valence-corrected chi connectivity index (χ2v) is 3.38. The Balaban J connectivity index is 2.44. The van der Waals surface area contributed by atoms with E-state index in [2.05, 4.69) is 0 Å². The first kappa shape index (κ1) is 12.9. The molecule has 3 nitrogen and oxygen atoms in total. The molecule has 0 amide bonds. The Morgan fingerprint density at radius 2 is 2.06 bits per heavy atom. The van der Waals surface area contributed by atoms with Gasteiger partial charge in [-0.25, -0.2) is 4.39 Å². The van der Waals surface area contributed by atoms with Gasteiger partial charge in [0, 0.05) is 18.7 Å². The van der Waals surface area contributed by atoms with Crippen molar-refractivity contribution in [1.29, 1.82) is 0 Å². The molecule has 2 N–H and O–H groups in total. The topological polar surface area (TPSA) is 44.5 Å². The van der Waals surface area contributed by atoms with Gasteiger partial charge in [0.2, 0.25) is 0 Å². The molecule has 0 unspecified atom stereocenters. The summed E-state index contributed by atoms with van der Waals surface area (Å²) >= 11 is 0. The fourth-order valence-electron chi connectivity index (χ4n) is 1.33. The molecular formula is C12H18FNO2. The van der Waals surface area contributed by atoms with Gasteiger partial charge in [0.1, 0.15) is 18.2 Å². The number of ether oxygens (including phenoxy) is 2. The van der Waals surface area contributed by atoms with Crippen LogP contribution in [0.1, 0.15) is 18.9 Å². The van der Waals surface area contributed by atoms with Gasteiger partial charge in [0.05, 0.1) is 6.61 Å². The first-order valence-electron chi connectivity index (χ1n) is 5.47. The zero-order valence-electron chi connectivity index (χ0n) is 9.54. The van der Waals surface area contributed by atoms with Crippen molar-refractivity contribution in [2.24, 2.45) is 5.73 Å². The van der Waals surface area contributed by atoms with Gasteiger partial charge in [0.15, 0.2) is 0 Å². The molecule has 1 aromatic carbocycles. The normalized spacial score (nSPS) is 10.4. The Morgan fingerprint density at radius 1 is 1.25 bits per heavy atom. The van der Waals surface area contributed by atoms with Crippen molar-refractivity contribution in [1.82, 2.24) is 0 Å². The van der Waals surface area contributed by atoms with Crippen LogP contribution >= 0.6 is 0 Å². The molecule has 90 valence electrons. The Morgan fingerprint density at radius 3 is 2.75 bits per heavy atom. The van der Waals surface area contributed by atoms with E-state index in [1.807, 2.05) is 6.92 Å². The van der Waals surface area contributed by atoms with Crippen molar-refractivity contribution in [2.75, 3.05) is 19.8 Å². The Bertz CT molecular complexity index is 318. The largest absolute Gasteiger partial charge is 0.491 e. The molecule has 0 saturated carbocycles. The average molecular weight is 227 g/mol. The van der Waals surface area contributed by atoms with E-state index in [4.69, 9.17) is 15.2 Å². The lowest BCUT2D eigenvalue weighted by molar-refractivity contribution is 0.100. The summed E-state index contributed by atoms with van der Waals surface area (Å²) in [5.41, 5.74) is 5.87. The van der Waals surface area contributed by atoms with Crippen LogP contribution in [0.2, 0.25) is 0 Å². The first-order valence-corrected chi connectivity index (χ1v) is 5.47. The van der Waals surface area contributed by atoms with E-state index in [0.29, 0.717) is 24.5 Å². The minimum absolute atomic E-state index is 0.137. The van der Waals surface area contributed by atoms with Crippen molar-refractivity contribution < 1.29 is 13.9 Å². The van der Waals surface area contributed by atoms with Crippen molar-refractivity contribution in [3.05, 3.63) is 29.6 Å². The van der Waals surface area contributed by atoms with Crippen LogP contribution in [0, 0.1) is 5.82 Å². The van der Waals surface area contributed by atoms with Crippen molar-refractivity contribution in [3.63, 3.8) is 0 Å². The van der Waals surface area contributed by atoms with Gasteiger partial charge in [-0.3, -0.25) is 0 Å². The minimum atomic E-state index is -0.325. The van der Waals surface area contributed by atoms with Crippen LogP contribution in [0.3, 0.4) is 0 Å². The average Bonchev–Trinajstić information content (AvgIpc) is 2.29. The highest BCUT2D eigenvalue weighted by Gasteiger charge is 2.07. The quantitative estimate of drug-likeness (QED) is 0.725. The Labute approximate surface area is 95.4 Å². The second kappa shape index (κ2) is 7.19. The van der Waals surface area contributed by atoms with Crippen LogP contribution in [-0.4, -0.2) is 19.8 Å². The Kier molecular flexibility index (Phi) is 5.82. The Hall–Kier alpha value is -1.13. The monoisotopic (exact) mass is 227 g/mol. The lowest BCUT2D eigenvalue weighted by Crippen LogP contribution is -2.10. The SMILES string of the molecule is CCCOCCOc1cccc(F)c1CN. The third-order valence-corrected chi connectivity index (χ3v) is 2.11. The molecule has 0 fully saturated rings. The predicted octanol–water partition coefficient (Wildman–Crippen LogP) is 2.09. The summed E-state index contributed by atoms with van der Waals surface area (Å²) in [4.78, 5) is 0. The lowest BCUT2D eigenvalue weighted by atomic mass is 10.2. The van der Waals surface area contributed by atoms with E-state index in [1.165, 1.54) is 6.07 Å². The highest BCUT2D eigenvalue weighted by atomic mass is 19.1. The van der Waals surface area contributed by atoms with Gasteiger partial charge < -0.3 is 15.2 Å².